The van der Waals surface area contributed by atoms with Gasteiger partial charge in [0.25, 0.3) is 0 Å². The Balaban J connectivity index is 1.84. The molecule has 1 aromatic heterocycles. The summed E-state index contributed by atoms with van der Waals surface area (Å²) in [7, 11) is 0. The molecule has 0 radical (unpaired) electrons. The highest BCUT2D eigenvalue weighted by Gasteiger charge is 2.26. The molecule has 2 aromatic carbocycles. The van der Waals surface area contributed by atoms with Gasteiger partial charge in [-0.2, -0.15) is 0 Å². The molecule has 0 fully saturated rings. The van der Waals surface area contributed by atoms with Crippen LogP contribution in [0.5, 0.6) is 0 Å². The first-order chi connectivity index (χ1) is 11.2. The lowest BCUT2D eigenvalue weighted by Gasteiger charge is -2.14. The van der Waals surface area contributed by atoms with E-state index >= 15 is 0 Å². The van der Waals surface area contributed by atoms with E-state index in [0.29, 0.717) is 0 Å². The molecule has 0 amide bonds. The van der Waals surface area contributed by atoms with Crippen molar-refractivity contribution in [2.45, 2.75) is 20.3 Å². The molecule has 2 nitrogen and oxygen atoms in total. The maximum absolute atomic E-state index is 4.95. The van der Waals surface area contributed by atoms with Crippen LogP contribution in [0.25, 0.3) is 27.4 Å². The number of pyridine rings is 1. The quantitative estimate of drug-likeness (QED) is 0.496. The smallest absolute Gasteiger partial charge is 0.0975 e. The van der Waals surface area contributed by atoms with Crippen molar-refractivity contribution >= 4 is 38.8 Å². The number of hydrogen-bond donors (Lipinski definition) is 0. The van der Waals surface area contributed by atoms with Crippen molar-refractivity contribution < 1.29 is 0 Å². The molecule has 0 N–H and O–H groups in total. The van der Waals surface area contributed by atoms with E-state index in [1.807, 2.05) is 6.07 Å². The van der Waals surface area contributed by atoms with E-state index in [1.165, 1.54) is 33.4 Å². The van der Waals surface area contributed by atoms with Gasteiger partial charge in [0.15, 0.2) is 0 Å². The first-order valence-electron chi connectivity index (χ1n) is 7.99. The standard InChI is InChI=1S/C21H16N2/c1-12-9-17-16-8-7-15-11-14-5-3-4-6-18(14)22-20(15)21(16)23-19(17)10-13(12)2/h3-9,11H,10H2,1-2H3. The van der Waals surface area contributed by atoms with Crippen LogP contribution in [0.3, 0.4) is 0 Å². The first kappa shape index (κ1) is 12.8. The topological polar surface area (TPSA) is 25.2 Å². The maximum Gasteiger partial charge on any atom is 0.0975 e. The Kier molecular flexibility index (Phi) is 2.44. The van der Waals surface area contributed by atoms with Crippen LogP contribution in [0.15, 0.2) is 64.7 Å². The summed E-state index contributed by atoms with van der Waals surface area (Å²) in [6.45, 7) is 4.38. The van der Waals surface area contributed by atoms with Gasteiger partial charge in [0.1, 0.15) is 0 Å². The van der Waals surface area contributed by atoms with Crippen LogP contribution in [-0.4, -0.2) is 10.7 Å². The van der Waals surface area contributed by atoms with Crippen molar-refractivity contribution in [2.75, 3.05) is 0 Å². The Morgan fingerprint density at radius 2 is 1.83 bits per heavy atom. The third kappa shape index (κ3) is 1.75. The Morgan fingerprint density at radius 1 is 0.957 bits per heavy atom. The number of aromatic nitrogens is 1. The second kappa shape index (κ2) is 4.39. The summed E-state index contributed by atoms with van der Waals surface area (Å²) < 4.78 is 0. The zero-order valence-corrected chi connectivity index (χ0v) is 13.2. The largest absolute Gasteiger partial charge is 0.250 e. The van der Waals surface area contributed by atoms with Crippen molar-refractivity contribution in [2.24, 2.45) is 4.99 Å². The first-order valence-corrected chi connectivity index (χ1v) is 7.99. The summed E-state index contributed by atoms with van der Waals surface area (Å²) >= 11 is 0. The monoisotopic (exact) mass is 296 g/mol. The predicted octanol–water partition coefficient (Wildman–Crippen LogP) is 5.60. The third-order valence-corrected chi connectivity index (χ3v) is 4.98. The average Bonchev–Trinajstić information content (AvgIpc) is 2.91. The molecule has 0 saturated carbocycles. The molecular weight excluding hydrogens is 280 g/mol. The molecule has 1 aliphatic heterocycles. The molecule has 2 heteroatoms. The Hall–Kier alpha value is -2.74. The maximum atomic E-state index is 4.95. The summed E-state index contributed by atoms with van der Waals surface area (Å²) in [5.41, 5.74) is 9.54. The van der Waals surface area contributed by atoms with E-state index in [1.54, 1.807) is 0 Å². The van der Waals surface area contributed by atoms with Crippen molar-refractivity contribution in [1.82, 2.24) is 4.98 Å². The molecule has 0 unspecified atom stereocenters. The normalized spacial score (nSPS) is 16.4. The van der Waals surface area contributed by atoms with E-state index in [-0.39, 0.29) is 0 Å². The van der Waals surface area contributed by atoms with Crippen LogP contribution in [-0.2, 0) is 0 Å². The summed E-state index contributed by atoms with van der Waals surface area (Å²) in [4.78, 5) is 9.84. The minimum absolute atomic E-state index is 0.946. The second-order valence-electron chi connectivity index (χ2n) is 6.47. The van der Waals surface area contributed by atoms with Gasteiger partial charge in [-0.05, 0) is 32.1 Å². The summed E-state index contributed by atoms with van der Waals surface area (Å²) in [5.74, 6) is 0. The highest BCUT2D eigenvalue weighted by Crippen LogP contribution is 2.43. The molecule has 0 spiro atoms. The fraction of sp³-hybridized carbons (Fsp3) is 0.143. The highest BCUT2D eigenvalue weighted by atomic mass is 14.8. The van der Waals surface area contributed by atoms with E-state index in [4.69, 9.17) is 9.98 Å². The molecular formula is C21H16N2. The van der Waals surface area contributed by atoms with Crippen molar-refractivity contribution in [3.05, 3.63) is 65.3 Å². The van der Waals surface area contributed by atoms with Crippen molar-refractivity contribution in [1.29, 1.82) is 0 Å². The number of benzene rings is 2. The van der Waals surface area contributed by atoms with Gasteiger partial charge in [-0.15, -0.1) is 0 Å². The fourth-order valence-electron chi connectivity index (χ4n) is 3.54. The minimum atomic E-state index is 0.946. The Morgan fingerprint density at radius 3 is 2.74 bits per heavy atom. The number of nitrogens with zero attached hydrogens (tertiary/aromatic N) is 2. The molecule has 1 aliphatic carbocycles. The number of fused-ring (bicyclic) bond motifs is 6. The summed E-state index contributed by atoms with van der Waals surface area (Å²) in [6, 6.07) is 14.9. The van der Waals surface area contributed by atoms with Gasteiger partial charge < -0.3 is 0 Å². The van der Waals surface area contributed by atoms with Crippen molar-refractivity contribution in [3.63, 3.8) is 0 Å². The van der Waals surface area contributed by atoms with Gasteiger partial charge >= 0.3 is 0 Å². The van der Waals surface area contributed by atoms with Gasteiger partial charge in [0.05, 0.1) is 22.4 Å². The number of aliphatic imine (C=N–C) groups is 1. The number of hydrogen-bond acceptors (Lipinski definition) is 2. The van der Waals surface area contributed by atoms with Crippen LogP contribution in [0, 0.1) is 0 Å². The lowest BCUT2D eigenvalue weighted by molar-refractivity contribution is 1.19. The minimum Gasteiger partial charge on any atom is -0.250 e. The molecule has 0 bridgehead atoms. The molecule has 110 valence electrons. The van der Waals surface area contributed by atoms with Gasteiger partial charge in [0.2, 0.25) is 0 Å². The van der Waals surface area contributed by atoms with Crippen LogP contribution in [0.1, 0.15) is 25.8 Å². The molecule has 23 heavy (non-hydrogen) atoms. The van der Waals surface area contributed by atoms with E-state index in [9.17, 15) is 0 Å². The van der Waals surface area contributed by atoms with Crippen LogP contribution in [0.2, 0.25) is 0 Å². The second-order valence-corrected chi connectivity index (χ2v) is 6.47. The van der Waals surface area contributed by atoms with Gasteiger partial charge in [-0.25, -0.2) is 9.98 Å². The van der Waals surface area contributed by atoms with Crippen molar-refractivity contribution in [3.8, 4) is 0 Å². The molecule has 0 atom stereocenters. The fourth-order valence-corrected chi connectivity index (χ4v) is 3.54. The Bertz CT molecular complexity index is 1100. The summed E-state index contributed by atoms with van der Waals surface area (Å²) in [6.07, 6.45) is 3.22. The molecule has 2 aliphatic rings. The Labute approximate surface area is 134 Å². The van der Waals surface area contributed by atoms with E-state index in [2.05, 4.69) is 56.3 Å². The van der Waals surface area contributed by atoms with Gasteiger partial charge in [-0.1, -0.05) is 41.5 Å². The molecule has 3 aromatic rings. The van der Waals surface area contributed by atoms with Gasteiger partial charge in [-0.3, -0.25) is 0 Å². The lowest BCUT2D eigenvalue weighted by atomic mass is 9.89. The van der Waals surface area contributed by atoms with Crippen LogP contribution >= 0.6 is 0 Å². The highest BCUT2D eigenvalue weighted by molar-refractivity contribution is 6.32. The van der Waals surface area contributed by atoms with E-state index in [0.717, 1.165) is 28.5 Å². The average molecular weight is 296 g/mol. The zero-order chi connectivity index (χ0) is 15.6. The zero-order valence-electron chi connectivity index (χ0n) is 13.2. The molecule has 2 heterocycles. The van der Waals surface area contributed by atoms with Crippen LogP contribution in [0.4, 0.5) is 5.69 Å². The lowest BCUT2D eigenvalue weighted by Crippen LogP contribution is -2.04. The number of rotatable bonds is 0. The molecule has 0 saturated heterocycles. The number of para-hydroxylation sites is 1. The van der Waals surface area contributed by atoms with Gasteiger partial charge in [0, 0.05) is 28.3 Å². The molecule has 5 rings (SSSR count). The van der Waals surface area contributed by atoms with E-state index < -0.39 is 0 Å². The SMILES string of the molecule is CC1=C(C)CC2=Nc3c(ccc4cc5ccccc5nc34)C2=C1. The third-order valence-electron chi connectivity index (χ3n) is 4.98. The predicted molar refractivity (Wildman–Crippen MR) is 97.3 cm³/mol. The van der Waals surface area contributed by atoms with Crippen LogP contribution < -0.4 is 0 Å². The number of allylic oxidation sites excluding steroid dienone is 4. The summed E-state index contributed by atoms with van der Waals surface area (Å²) in [5, 5.41) is 2.34.